The van der Waals surface area contributed by atoms with Gasteiger partial charge in [0.15, 0.2) is 0 Å². The third-order valence-corrected chi connectivity index (χ3v) is 5.73. The average Bonchev–Trinajstić information content (AvgIpc) is 2.51. The summed E-state index contributed by atoms with van der Waals surface area (Å²) in [6.07, 6.45) is 0. The first-order valence-electron chi connectivity index (χ1n) is 6.84. The smallest absolute Gasteiger partial charge is 0.261 e. The molecule has 0 unspecified atom stereocenters. The predicted molar refractivity (Wildman–Crippen MR) is 96.0 cm³/mol. The molecule has 3 nitrogen and oxygen atoms in total. The normalized spacial score (nSPS) is 11.6. The van der Waals surface area contributed by atoms with E-state index in [0.29, 0.717) is 21.3 Å². The zero-order valence-corrected chi connectivity index (χ0v) is 14.5. The Morgan fingerprint density at radius 2 is 1.48 bits per heavy atom. The molecule has 1 N–H and O–H groups in total. The SMILES string of the molecule is Cc1c(Cl)cc(NS(=O)(=O)c2ccc3ccccc3c2)cc1Cl. The molecule has 0 aromatic heterocycles. The average molecular weight is 366 g/mol. The molecule has 0 saturated heterocycles. The highest BCUT2D eigenvalue weighted by molar-refractivity contribution is 7.92. The molecule has 0 atom stereocenters. The van der Waals surface area contributed by atoms with E-state index in [1.165, 1.54) is 0 Å². The van der Waals surface area contributed by atoms with Crippen molar-refractivity contribution in [1.29, 1.82) is 0 Å². The van der Waals surface area contributed by atoms with Gasteiger partial charge in [-0.05, 0) is 47.5 Å². The number of sulfonamides is 1. The van der Waals surface area contributed by atoms with Crippen LogP contribution in [0.5, 0.6) is 0 Å². The minimum absolute atomic E-state index is 0.184. The van der Waals surface area contributed by atoms with Crippen LogP contribution in [-0.2, 0) is 10.0 Å². The van der Waals surface area contributed by atoms with Crippen LogP contribution in [0.2, 0.25) is 10.0 Å². The second-order valence-electron chi connectivity index (χ2n) is 5.18. The van der Waals surface area contributed by atoms with Crippen molar-refractivity contribution in [3.8, 4) is 0 Å². The number of nitrogens with one attached hydrogen (secondary N) is 1. The van der Waals surface area contributed by atoms with Gasteiger partial charge in [-0.1, -0.05) is 53.5 Å². The molecule has 0 saturated carbocycles. The summed E-state index contributed by atoms with van der Waals surface area (Å²) in [5, 5.41) is 2.66. The summed E-state index contributed by atoms with van der Waals surface area (Å²) < 4.78 is 27.6. The van der Waals surface area contributed by atoms with Gasteiger partial charge >= 0.3 is 0 Å². The quantitative estimate of drug-likeness (QED) is 0.688. The zero-order chi connectivity index (χ0) is 16.6. The molecule has 0 aliphatic carbocycles. The Morgan fingerprint density at radius 3 is 2.13 bits per heavy atom. The van der Waals surface area contributed by atoms with Crippen molar-refractivity contribution in [2.45, 2.75) is 11.8 Å². The Hall–Kier alpha value is -1.75. The summed E-state index contributed by atoms with van der Waals surface area (Å²) in [5.74, 6) is 0. The van der Waals surface area contributed by atoms with Crippen LogP contribution in [0.15, 0.2) is 59.5 Å². The van der Waals surface area contributed by atoms with Gasteiger partial charge in [-0.15, -0.1) is 0 Å². The summed E-state index contributed by atoms with van der Waals surface area (Å²) in [7, 11) is -3.72. The highest BCUT2D eigenvalue weighted by Gasteiger charge is 2.16. The van der Waals surface area contributed by atoms with Gasteiger partial charge in [-0.25, -0.2) is 8.42 Å². The van der Waals surface area contributed by atoms with E-state index in [2.05, 4.69) is 4.72 Å². The highest BCUT2D eigenvalue weighted by atomic mass is 35.5. The second-order valence-corrected chi connectivity index (χ2v) is 7.68. The van der Waals surface area contributed by atoms with Crippen LogP contribution < -0.4 is 4.72 Å². The van der Waals surface area contributed by atoms with Crippen LogP contribution in [0.1, 0.15) is 5.56 Å². The van der Waals surface area contributed by atoms with E-state index in [-0.39, 0.29) is 4.90 Å². The van der Waals surface area contributed by atoms with E-state index in [9.17, 15) is 8.42 Å². The molecule has 0 amide bonds. The van der Waals surface area contributed by atoms with Gasteiger partial charge in [0.05, 0.1) is 10.6 Å². The standard InChI is InChI=1S/C17H13Cl2NO2S/c1-11-16(18)9-14(10-17(11)19)20-23(21,22)15-7-6-12-4-2-3-5-13(12)8-15/h2-10,20H,1H3. The summed E-state index contributed by atoms with van der Waals surface area (Å²) in [5.41, 5.74) is 1.04. The van der Waals surface area contributed by atoms with E-state index in [4.69, 9.17) is 23.2 Å². The maximum Gasteiger partial charge on any atom is 0.261 e. The van der Waals surface area contributed by atoms with Crippen LogP contribution in [0.3, 0.4) is 0 Å². The van der Waals surface area contributed by atoms with Gasteiger partial charge in [-0.2, -0.15) is 0 Å². The lowest BCUT2D eigenvalue weighted by atomic mass is 10.1. The summed E-state index contributed by atoms with van der Waals surface area (Å²) in [6, 6.07) is 15.6. The van der Waals surface area contributed by atoms with Crippen molar-refractivity contribution in [3.05, 3.63) is 70.2 Å². The fourth-order valence-corrected chi connectivity index (χ4v) is 3.82. The fraction of sp³-hybridized carbons (Fsp3) is 0.0588. The van der Waals surface area contributed by atoms with Crippen molar-refractivity contribution >= 4 is 49.7 Å². The maximum absolute atomic E-state index is 12.6. The van der Waals surface area contributed by atoms with Crippen molar-refractivity contribution in [3.63, 3.8) is 0 Å². The number of benzene rings is 3. The first-order chi connectivity index (χ1) is 10.9. The maximum atomic E-state index is 12.6. The van der Waals surface area contributed by atoms with E-state index in [1.54, 1.807) is 37.3 Å². The molecular formula is C17H13Cl2NO2S. The molecular weight excluding hydrogens is 353 g/mol. The second kappa shape index (κ2) is 6.04. The van der Waals surface area contributed by atoms with Gasteiger partial charge in [0.25, 0.3) is 10.0 Å². The largest absolute Gasteiger partial charge is 0.280 e. The Labute approximate surface area is 144 Å². The topological polar surface area (TPSA) is 46.2 Å². The number of halogens is 2. The van der Waals surface area contributed by atoms with Gasteiger partial charge in [0, 0.05) is 10.0 Å². The number of anilines is 1. The lowest BCUT2D eigenvalue weighted by molar-refractivity contribution is 0.601. The molecule has 0 heterocycles. The Bertz CT molecular complexity index is 977. The number of rotatable bonds is 3. The Balaban J connectivity index is 2.00. The molecule has 3 aromatic carbocycles. The number of fused-ring (bicyclic) bond motifs is 1. The van der Waals surface area contributed by atoms with Crippen molar-refractivity contribution < 1.29 is 8.42 Å². The molecule has 3 rings (SSSR count). The van der Waals surface area contributed by atoms with E-state index in [0.717, 1.165) is 10.8 Å². The molecule has 3 aromatic rings. The van der Waals surface area contributed by atoms with E-state index in [1.807, 2.05) is 24.3 Å². The first-order valence-corrected chi connectivity index (χ1v) is 9.08. The van der Waals surface area contributed by atoms with E-state index >= 15 is 0 Å². The van der Waals surface area contributed by atoms with Gasteiger partial charge in [-0.3, -0.25) is 4.72 Å². The van der Waals surface area contributed by atoms with Crippen molar-refractivity contribution in [2.75, 3.05) is 4.72 Å². The third-order valence-electron chi connectivity index (χ3n) is 3.56. The fourth-order valence-electron chi connectivity index (χ4n) is 2.25. The zero-order valence-electron chi connectivity index (χ0n) is 12.2. The third kappa shape index (κ3) is 3.29. The van der Waals surface area contributed by atoms with Crippen LogP contribution in [0.4, 0.5) is 5.69 Å². The molecule has 0 aliphatic heterocycles. The Kier molecular flexibility index (Phi) is 4.23. The van der Waals surface area contributed by atoms with Gasteiger partial charge in [0.2, 0.25) is 0 Å². The van der Waals surface area contributed by atoms with Crippen LogP contribution in [0.25, 0.3) is 10.8 Å². The van der Waals surface area contributed by atoms with Gasteiger partial charge in [0.1, 0.15) is 0 Å². The number of hydrogen-bond acceptors (Lipinski definition) is 2. The molecule has 6 heteroatoms. The molecule has 118 valence electrons. The van der Waals surface area contributed by atoms with Crippen LogP contribution in [0, 0.1) is 6.92 Å². The summed E-state index contributed by atoms with van der Waals surface area (Å²) in [6.45, 7) is 1.77. The molecule has 0 bridgehead atoms. The molecule has 0 aliphatic rings. The summed E-state index contributed by atoms with van der Waals surface area (Å²) >= 11 is 12.1. The Morgan fingerprint density at radius 1 is 0.870 bits per heavy atom. The molecule has 0 radical (unpaired) electrons. The highest BCUT2D eigenvalue weighted by Crippen LogP contribution is 2.29. The van der Waals surface area contributed by atoms with Crippen LogP contribution in [-0.4, -0.2) is 8.42 Å². The lowest BCUT2D eigenvalue weighted by Gasteiger charge is -2.11. The monoisotopic (exact) mass is 365 g/mol. The van der Waals surface area contributed by atoms with Crippen molar-refractivity contribution in [2.24, 2.45) is 0 Å². The lowest BCUT2D eigenvalue weighted by Crippen LogP contribution is -2.13. The molecule has 0 fully saturated rings. The molecule has 0 spiro atoms. The van der Waals surface area contributed by atoms with Crippen LogP contribution >= 0.6 is 23.2 Å². The molecule has 23 heavy (non-hydrogen) atoms. The minimum atomic E-state index is -3.72. The van der Waals surface area contributed by atoms with Gasteiger partial charge < -0.3 is 0 Å². The first kappa shape index (κ1) is 16.1. The predicted octanol–water partition coefficient (Wildman–Crippen LogP) is 5.26. The minimum Gasteiger partial charge on any atom is -0.280 e. The van der Waals surface area contributed by atoms with E-state index < -0.39 is 10.0 Å². The number of hydrogen-bond donors (Lipinski definition) is 1. The summed E-state index contributed by atoms with van der Waals surface area (Å²) in [4.78, 5) is 0.184. The van der Waals surface area contributed by atoms with Crippen molar-refractivity contribution in [1.82, 2.24) is 0 Å².